The molecule has 1 fully saturated rings. The Morgan fingerprint density at radius 1 is 1.41 bits per heavy atom. The number of nitrogens with two attached hydrogens (primary N) is 1. The molecule has 1 amide bonds. The summed E-state index contributed by atoms with van der Waals surface area (Å²) < 4.78 is 5.19. The smallest absolute Gasteiger partial charge is 0.410 e. The van der Waals surface area contributed by atoms with E-state index in [0.717, 1.165) is 5.56 Å². The molecule has 1 heterocycles. The Morgan fingerprint density at radius 3 is 2.76 bits per heavy atom. The number of amides is 1. The number of cyclic esters (lactones) is 1. The third kappa shape index (κ3) is 3.11. The number of carbonyl (C=O) groups excluding carboxylic acids is 1. The maximum atomic E-state index is 11.6. The van der Waals surface area contributed by atoms with Crippen molar-refractivity contribution in [1.82, 2.24) is 4.90 Å². The first-order chi connectivity index (χ1) is 8.19. The number of ether oxygens (including phenoxy) is 1. The van der Waals surface area contributed by atoms with Crippen LogP contribution in [0.1, 0.15) is 12.0 Å². The van der Waals surface area contributed by atoms with Gasteiger partial charge in [0.05, 0.1) is 6.54 Å². The Morgan fingerprint density at radius 2 is 2.12 bits per heavy atom. The molecule has 2 N–H and O–H groups in total. The first-order valence-corrected chi connectivity index (χ1v) is 5.97. The summed E-state index contributed by atoms with van der Waals surface area (Å²) in [7, 11) is 0. The number of nitrogens with zero attached hydrogens (tertiary/aromatic N) is 1. The minimum atomic E-state index is -0.265. The van der Waals surface area contributed by atoms with Crippen LogP contribution in [0.2, 0.25) is 5.02 Å². The van der Waals surface area contributed by atoms with Crippen molar-refractivity contribution >= 4 is 17.7 Å². The molecule has 0 aromatic heterocycles. The first kappa shape index (κ1) is 12.2. The van der Waals surface area contributed by atoms with Crippen LogP contribution in [0, 0.1) is 0 Å². The highest BCUT2D eigenvalue weighted by Crippen LogP contribution is 2.18. The van der Waals surface area contributed by atoms with Gasteiger partial charge in [-0.1, -0.05) is 23.7 Å². The molecule has 17 heavy (non-hydrogen) atoms. The number of hydrogen-bond acceptors (Lipinski definition) is 3. The molecular weight excluding hydrogens is 240 g/mol. The Kier molecular flexibility index (Phi) is 3.86. The second-order valence-corrected chi connectivity index (χ2v) is 4.53. The molecule has 0 radical (unpaired) electrons. The van der Waals surface area contributed by atoms with Crippen LogP contribution in [0.3, 0.4) is 0 Å². The summed E-state index contributed by atoms with van der Waals surface area (Å²) in [6.07, 6.45) is 0.376. The van der Waals surface area contributed by atoms with Crippen LogP contribution in [0.25, 0.3) is 0 Å². The maximum absolute atomic E-state index is 11.6. The molecule has 0 saturated carbocycles. The van der Waals surface area contributed by atoms with E-state index in [1.54, 1.807) is 4.90 Å². The molecule has 0 aliphatic carbocycles. The molecule has 1 aliphatic rings. The average Bonchev–Trinajstić information content (AvgIpc) is 2.63. The fourth-order valence-corrected chi connectivity index (χ4v) is 1.98. The summed E-state index contributed by atoms with van der Waals surface area (Å²) in [5, 5.41) is 0.693. The normalized spacial score (nSPS) is 19.5. The first-order valence-electron chi connectivity index (χ1n) is 5.59. The Bertz CT molecular complexity index is 394. The van der Waals surface area contributed by atoms with Gasteiger partial charge in [0, 0.05) is 11.6 Å². The molecular formula is C12H15ClN2O2. The summed E-state index contributed by atoms with van der Waals surface area (Å²) in [4.78, 5) is 13.3. The lowest BCUT2D eigenvalue weighted by Gasteiger charge is -2.12. The Hall–Kier alpha value is -1.26. The van der Waals surface area contributed by atoms with E-state index in [-0.39, 0.29) is 12.2 Å². The van der Waals surface area contributed by atoms with E-state index in [2.05, 4.69) is 0 Å². The number of hydrogen-bond donors (Lipinski definition) is 1. The van der Waals surface area contributed by atoms with Crippen molar-refractivity contribution < 1.29 is 9.53 Å². The predicted molar refractivity (Wildman–Crippen MR) is 65.8 cm³/mol. The maximum Gasteiger partial charge on any atom is 0.410 e. The van der Waals surface area contributed by atoms with Crippen LogP contribution in [0.5, 0.6) is 0 Å². The van der Waals surface area contributed by atoms with E-state index >= 15 is 0 Å². The quantitative estimate of drug-likeness (QED) is 0.894. The zero-order valence-electron chi connectivity index (χ0n) is 9.43. The number of carbonyl (C=O) groups is 1. The van der Waals surface area contributed by atoms with Gasteiger partial charge in [0.15, 0.2) is 0 Å². The lowest BCUT2D eigenvalue weighted by atomic mass is 10.2. The van der Waals surface area contributed by atoms with Gasteiger partial charge in [0.1, 0.15) is 6.10 Å². The summed E-state index contributed by atoms with van der Waals surface area (Å²) in [6.45, 7) is 1.70. The molecule has 0 spiro atoms. The minimum Gasteiger partial charge on any atom is -0.444 e. The zero-order valence-corrected chi connectivity index (χ0v) is 10.2. The van der Waals surface area contributed by atoms with Crippen molar-refractivity contribution in [3.63, 3.8) is 0 Å². The summed E-state index contributed by atoms with van der Waals surface area (Å²) in [6, 6.07) is 7.45. The molecule has 0 bridgehead atoms. The van der Waals surface area contributed by atoms with Crippen molar-refractivity contribution in [2.24, 2.45) is 5.73 Å². The van der Waals surface area contributed by atoms with Crippen LogP contribution < -0.4 is 5.73 Å². The SMILES string of the molecule is NCCC1CN(Cc2ccc(Cl)cc2)C(=O)O1. The van der Waals surface area contributed by atoms with Gasteiger partial charge >= 0.3 is 6.09 Å². The Labute approximate surface area is 105 Å². The highest BCUT2D eigenvalue weighted by atomic mass is 35.5. The lowest BCUT2D eigenvalue weighted by Crippen LogP contribution is -2.25. The molecule has 1 atom stereocenters. The second kappa shape index (κ2) is 5.38. The van der Waals surface area contributed by atoms with Gasteiger partial charge in [-0.2, -0.15) is 0 Å². The monoisotopic (exact) mass is 254 g/mol. The lowest BCUT2D eigenvalue weighted by molar-refractivity contribution is 0.129. The molecule has 5 heteroatoms. The van der Waals surface area contributed by atoms with Crippen molar-refractivity contribution in [2.75, 3.05) is 13.1 Å². The van der Waals surface area contributed by atoms with Gasteiger partial charge < -0.3 is 15.4 Å². The fraction of sp³-hybridized carbons (Fsp3) is 0.417. The van der Waals surface area contributed by atoms with Crippen LogP contribution in [0.4, 0.5) is 4.79 Å². The third-order valence-corrected chi connectivity index (χ3v) is 2.98. The third-order valence-electron chi connectivity index (χ3n) is 2.73. The molecule has 1 aliphatic heterocycles. The largest absolute Gasteiger partial charge is 0.444 e. The van der Waals surface area contributed by atoms with Crippen molar-refractivity contribution in [1.29, 1.82) is 0 Å². The molecule has 4 nitrogen and oxygen atoms in total. The van der Waals surface area contributed by atoms with E-state index in [9.17, 15) is 4.79 Å². The van der Waals surface area contributed by atoms with Gasteiger partial charge in [-0.25, -0.2) is 4.79 Å². The topological polar surface area (TPSA) is 55.6 Å². The van der Waals surface area contributed by atoms with Crippen molar-refractivity contribution in [3.8, 4) is 0 Å². The van der Waals surface area contributed by atoms with Crippen LogP contribution in [0.15, 0.2) is 24.3 Å². The Balaban J connectivity index is 1.95. The van der Waals surface area contributed by atoms with Crippen LogP contribution >= 0.6 is 11.6 Å². The fourth-order valence-electron chi connectivity index (χ4n) is 1.85. The molecule has 1 saturated heterocycles. The summed E-state index contributed by atoms with van der Waals surface area (Å²) in [5.74, 6) is 0. The average molecular weight is 255 g/mol. The van der Waals surface area contributed by atoms with E-state index < -0.39 is 0 Å². The van der Waals surface area contributed by atoms with Gasteiger partial charge in [-0.15, -0.1) is 0 Å². The van der Waals surface area contributed by atoms with E-state index in [4.69, 9.17) is 22.1 Å². The predicted octanol–water partition coefficient (Wildman–Crippen LogP) is 2.01. The molecule has 1 unspecified atom stereocenters. The van der Waals surface area contributed by atoms with Gasteiger partial charge in [0.25, 0.3) is 0 Å². The number of benzene rings is 1. The molecule has 1 aromatic carbocycles. The highest BCUT2D eigenvalue weighted by molar-refractivity contribution is 6.30. The number of rotatable bonds is 4. The zero-order chi connectivity index (χ0) is 12.3. The van der Waals surface area contributed by atoms with E-state index in [0.29, 0.717) is 31.1 Å². The number of halogens is 1. The van der Waals surface area contributed by atoms with E-state index in [1.807, 2.05) is 24.3 Å². The molecule has 1 aromatic rings. The van der Waals surface area contributed by atoms with Gasteiger partial charge in [-0.3, -0.25) is 0 Å². The van der Waals surface area contributed by atoms with E-state index in [1.165, 1.54) is 0 Å². The standard InChI is InChI=1S/C12H15ClN2O2/c13-10-3-1-9(2-4-10)7-15-8-11(5-6-14)17-12(15)16/h1-4,11H,5-8,14H2. The van der Waals surface area contributed by atoms with Crippen molar-refractivity contribution in [3.05, 3.63) is 34.9 Å². The van der Waals surface area contributed by atoms with Gasteiger partial charge in [-0.05, 0) is 30.7 Å². The molecule has 2 rings (SSSR count). The summed E-state index contributed by atoms with van der Waals surface area (Å²) >= 11 is 5.80. The summed E-state index contributed by atoms with van der Waals surface area (Å²) in [5.41, 5.74) is 6.49. The molecule has 92 valence electrons. The highest BCUT2D eigenvalue weighted by Gasteiger charge is 2.30. The van der Waals surface area contributed by atoms with Crippen LogP contribution in [-0.4, -0.2) is 30.2 Å². The van der Waals surface area contributed by atoms with Crippen molar-refractivity contribution in [2.45, 2.75) is 19.1 Å². The second-order valence-electron chi connectivity index (χ2n) is 4.09. The van der Waals surface area contributed by atoms with Gasteiger partial charge in [0.2, 0.25) is 0 Å². The minimum absolute atomic E-state index is 0.0696. The van der Waals surface area contributed by atoms with Crippen LogP contribution in [-0.2, 0) is 11.3 Å².